The molecule has 0 radical (unpaired) electrons. The first-order chi connectivity index (χ1) is 14.8. The van der Waals surface area contributed by atoms with Crippen LogP contribution in [0.15, 0.2) is 53.4 Å². The van der Waals surface area contributed by atoms with Gasteiger partial charge in [0, 0.05) is 31.1 Å². The lowest BCUT2D eigenvalue weighted by atomic mass is 9.97. The molecule has 1 fully saturated rings. The Morgan fingerprint density at radius 2 is 1.81 bits per heavy atom. The Kier molecular flexibility index (Phi) is 6.11. The van der Waals surface area contributed by atoms with Crippen LogP contribution in [0.4, 0.5) is 5.69 Å². The van der Waals surface area contributed by atoms with E-state index in [2.05, 4.69) is 15.3 Å². The van der Waals surface area contributed by atoms with Gasteiger partial charge in [0.1, 0.15) is 5.82 Å². The molecule has 31 heavy (non-hydrogen) atoms. The Hall–Kier alpha value is -2.71. The fourth-order valence-electron chi connectivity index (χ4n) is 3.98. The average molecular weight is 441 g/mol. The summed E-state index contributed by atoms with van der Waals surface area (Å²) in [4.78, 5) is 20.2. The van der Waals surface area contributed by atoms with Gasteiger partial charge in [-0.05, 0) is 55.2 Å². The second-order valence-corrected chi connectivity index (χ2v) is 10.4. The van der Waals surface area contributed by atoms with Crippen LogP contribution in [-0.4, -0.2) is 41.7 Å². The number of hydrogen-bond acceptors (Lipinski definition) is 4. The van der Waals surface area contributed by atoms with Gasteiger partial charge in [0.05, 0.1) is 15.9 Å². The van der Waals surface area contributed by atoms with Crippen LogP contribution in [0.5, 0.6) is 0 Å². The van der Waals surface area contributed by atoms with Crippen molar-refractivity contribution in [2.75, 3.05) is 18.4 Å². The lowest BCUT2D eigenvalue weighted by molar-refractivity contribution is -0.116. The molecule has 4 rings (SSSR count). The summed E-state index contributed by atoms with van der Waals surface area (Å²) >= 11 is 0. The minimum Gasteiger partial charge on any atom is -0.342 e. The number of sulfonamides is 1. The summed E-state index contributed by atoms with van der Waals surface area (Å²) in [7, 11) is -3.57. The Labute approximate surface area is 182 Å². The zero-order valence-corrected chi connectivity index (χ0v) is 18.7. The first kappa shape index (κ1) is 21.5. The maximum absolute atomic E-state index is 13.1. The molecule has 0 atom stereocenters. The number of amides is 1. The number of anilines is 1. The van der Waals surface area contributed by atoms with Gasteiger partial charge in [-0.15, -0.1) is 0 Å². The van der Waals surface area contributed by atoms with Crippen LogP contribution in [0.25, 0.3) is 11.0 Å². The minimum absolute atomic E-state index is 0.0710. The quantitative estimate of drug-likeness (QED) is 0.603. The topological polar surface area (TPSA) is 95.2 Å². The number of imidazole rings is 1. The van der Waals surface area contributed by atoms with Crippen molar-refractivity contribution in [3.63, 3.8) is 0 Å². The summed E-state index contributed by atoms with van der Waals surface area (Å²) in [6.07, 6.45) is 1.88. The van der Waals surface area contributed by atoms with E-state index in [1.165, 1.54) is 0 Å². The maximum atomic E-state index is 13.1. The van der Waals surface area contributed by atoms with Crippen molar-refractivity contribution in [2.24, 2.45) is 5.92 Å². The maximum Gasteiger partial charge on any atom is 0.243 e. The van der Waals surface area contributed by atoms with Gasteiger partial charge in [0.25, 0.3) is 0 Å². The average Bonchev–Trinajstić information content (AvgIpc) is 3.18. The molecular formula is C23H28N4O3S. The van der Waals surface area contributed by atoms with Gasteiger partial charge >= 0.3 is 0 Å². The molecule has 1 saturated heterocycles. The minimum atomic E-state index is -3.57. The van der Waals surface area contributed by atoms with E-state index in [4.69, 9.17) is 0 Å². The third-order valence-corrected chi connectivity index (χ3v) is 7.53. The normalized spacial score (nSPS) is 16.1. The fourth-order valence-corrected chi connectivity index (χ4v) is 5.45. The summed E-state index contributed by atoms with van der Waals surface area (Å²) in [5, 5.41) is 2.81. The van der Waals surface area contributed by atoms with E-state index in [-0.39, 0.29) is 22.6 Å². The highest BCUT2D eigenvalue weighted by molar-refractivity contribution is 7.89. The summed E-state index contributed by atoms with van der Waals surface area (Å²) in [6, 6.07) is 14.3. The molecule has 0 aliphatic carbocycles. The second kappa shape index (κ2) is 8.80. The summed E-state index contributed by atoms with van der Waals surface area (Å²) < 4.78 is 27.7. The van der Waals surface area contributed by atoms with Crippen molar-refractivity contribution in [2.45, 2.75) is 43.9 Å². The van der Waals surface area contributed by atoms with Crippen molar-refractivity contribution < 1.29 is 13.2 Å². The number of nitrogens with one attached hydrogen (secondary N) is 2. The fraction of sp³-hybridized carbons (Fsp3) is 0.391. The van der Waals surface area contributed by atoms with Crippen LogP contribution < -0.4 is 5.32 Å². The van der Waals surface area contributed by atoms with Gasteiger partial charge in [-0.25, -0.2) is 13.4 Å². The zero-order valence-electron chi connectivity index (χ0n) is 17.8. The highest BCUT2D eigenvalue weighted by Crippen LogP contribution is 2.30. The van der Waals surface area contributed by atoms with Crippen LogP contribution >= 0.6 is 0 Å². The largest absolute Gasteiger partial charge is 0.342 e. The number of aromatic amines is 1. The second-order valence-electron chi connectivity index (χ2n) is 8.49. The number of hydrogen-bond donors (Lipinski definition) is 2. The number of piperidine rings is 1. The van der Waals surface area contributed by atoms with E-state index >= 15 is 0 Å². The third kappa shape index (κ3) is 4.80. The number of benzene rings is 2. The van der Waals surface area contributed by atoms with Crippen LogP contribution in [0.1, 0.15) is 44.9 Å². The molecule has 2 aromatic carbocycles. The highest BCUT2D eigenvalue weighted by atomic mass is 32.2. The number of carbonyl (C=O) groups is 1. The predicted octanol–water partition coefficient (Wildman–Crippen LogP) is 4.12. The molecule has 3 aromatic rings. The highest BCUT2D eigenvalue weighted by Gasteiger charge is 2.31. The summed E-state index contributed by atoms with van der Waals surface area (Å²) in [6.45, 7) is 4.87. The van der Waals surface area contributed by atoms with Crippen molar-refractivity contribution in [3.05, 3.63) is 54.4 Å². The molecule has 2 N–H and O–H groups in total. The smallest absolute Gasteiger partial charge is 0.243 e. The van der Waals surface area contributed by atoms with Gasteiger partial charge in [-0.1, -0.05) is 26.0 Å². The molecule has 0 unspecified atom stereocenters. The number of carbonyl (C=O) groups excluding carboxylic acids is 1. The van der Waals surface area contributed by atoms with Gasteiger partial charge in [-0.3, -0.25) is 4.79 Å². The summed E-state index contributed by atoms with van der Waals surface area (Å²) in [5.41, 5.74) is 2.55. The lowest BCUT2D eigenvalue weighted by Crippen LogP contribution is -2.38. The molecule has 7 nitrogen and oxygen atoms in total. The van der Waals surface area contributed by atoms with E-state index in [1.807, 2.05) is 38.1 Å². The van der Waals surface area contributed by atoms with Crippen molar-refractivity contribution in [1.82, 2.24) is 14.3 Å². The first-order valence-electron chi connectivity index (χ1n) is 10.7. The lowest BCUT2D eigenvalue weighted by Gasteiger charge is -2.30. The van der Waals surface area contributed by atoms with E-state index in [0.29, 0.717) is 25.2 Å². The molecular weight excluding hydrogens is 412 g/mol. The number of aromatic nitrogens is 2. The number of fused-ring (bicyclic) bond motifs is 1. The molecule has 0 bridgehead atoms. The van der Waals surface area contributed by atoms with Crippen molar-refractivity contribution >= 4 is 32.7 Å². The Morgan fingerprint density at radius 3 is 2.45 bits per heavy atom. The molecule has 1 aliphatic heterocycles. The Bertz CT molecular complexity index is 1130. The van der Waals surface area contributed by atoms with Crippen LogP contribution in [0, 0.1) is 5.92 Å². The Morgan fingerprint density at radius 1 is 1.13 bits per heavy atom. The van der Waals surface area contributed by atoms with Crippen molar-refractivity contribution in [3.8, 4) is 0 Å². The number of nitrogens with zero attached hydrogens (tertiary/aromatic N) is 2. The van der Waals surface area contributed by atoms with E-state index < -0.39 is 10.0 Å². The molecule has 1 aliphatic rings. The summed E-state index contributed by atoms with van der Waals surface area (Å²) in [5.74, 6) is 1.34. The number of rotatable bonds is 6. The van der Waals surface area contributed by atoms with Crippen LogP contribution in [0.2, 0.25) is 0 Å². The molecule has 1 aromatic heterocycles. The SMILES string of the molecule is CC(C)CC(=O)Nc1ccc(S(=O)(=O)N2CCC(c3nc4ccccc4[nH]3)CC2)cc1. The standard InChI is InChI=1S/C23H28N4O3S/c1-16(2)15-22(28)24-18-7-9-19(10-8-18)31(29,30)27-13-11-17(12-14-27)23-25-20-5-3-4-6-21(20)26-23/h3-10,16-17H,11-15H2,1-2H3,(H,24,28)(H,25,26). The molecule has 0 saturated carbocycles. The molecule has 1 amide bonds. The monoisotopic (exact) mass is 440 g/mol. The first-order valence-corrected chi connectivity index (χ1v) is 12.1. The van der Waals surface area contributed by atoms with Crippen molar-refractivity contribution in [1.29, 1.82) is 0 Å². The molecule has 164 valence electrons. The number of para-hydroxylation sites is 2. The van der Waals surface area contributed by atoms with Crippen LogP contribution in [0.3, 0.4) is 0 Å². The van der Waals surface area contributed by atoms with Gasteiger partial charge in [0.2, 0.25) is 15.9 Å². The van der Waals surface area contributed by atoms with E-state index in [0.717, 1.165) is 29.7 Å². The van der Waals surface area contributed by atoms with Gasteiger partial charge < -0.3 is 10.3 Å². The predicted molar refractivity (Wildman–Crippen MR) is 121 cm³/mol. The zero-order chi connectivity index (χ0) is 22.0. The Balaban J connectivity index is 1.40. The van der Waals surface area contributed by atoms with Gasteiger partial charge in [0.15, 0.2) is 0 Å². The third-order valence-electron chi connectivity index (χ3n) is 5.62. The molecule has 8 heteroatoms. The van der Waals surface area contributed by atoms with E-state index in [9.17, 15) is 13.2 Å². The van der Waals surface area contributed by atoms with E-state index in [1.54, 1.807) is 28.6 Å². The van der Waals surface area contributed by atoms with Gasteiger partial charge in [-0.2, -0.15) is 4.31 Å². The molecule has 0 spiro atoms. The van der Waals surface area contributed by atoms with Crippen LogP contribution in [-0.2, 0) is 14.8 Å². The molecule has 2 heterocycles. The number of H-pyrrole nitrogens is 1.